The molecule has 19 heavy (non-hydrogen) atoms. The van der Waals surface area contributed by atoms with Crippen LogP contribution in [0.15, 0.2) is 24.3 Å². The lowest BCUT2D eigenvalue weighted by atomic mass is 10.2. The number of hydrogen-bond acceptors (Lipinski definition) is 2. The molecule has 0 saturated heterocycles. The van der Waals surface area contributed by atoms with E-state index in [0.717, 1.165) is 30.7 Å². The topological polar surface area (TPSA) is 38.3 Å². The van der Waals surface area contributed by atoms with E-state index in [4.69, 9.17) is 4.74 Å². The van der Waals surface area contributed by atoms with Crippen LogP contribution in [0.3, 0.4) is 0 Å². The van der Waals surface area contributed by atoms with Gasteiger partial charge in [0, 0.05) is 13.0 Å². The van der Waals surface area contributed by atoms with Crippen molar-refractivity contribution in [2.75, 3.05) is 13.2 Å². The Balaban J connectivity index is 2.07. The lowest BCUT2D eigenvalue weighted by Crippen LogP contribution is -2.24. The highest BCUT2D eigenvalue weighted by atomic mass is 16.5. The van der Waals surface area contributed by atoms with E-state index in [9.17, 15) is 4.79 Å². The smallest absolute Gasteiger partial charge is 0.220 e. The van der Waals surface area contributed by atoms with Crippen molar-refractivity contribution >= 4 is 5.91 Å². The molecule has 0 saturated carbocycles. The Bertz CT molecular complexity index is 377. The highest BCUT2D eigenvalue weighted by Gasteiger charge is 2.01. The molecule has 0 aliphatic heterocycles. The normalized spacial score (nSPS) is 10.2. The first-order valence-corrected chi connectivity index (χ1v) is 7.19. The number of nitrogens with one attached hydrogen (secondary N) is 1. The van der Waals surface area contributed by atoms with Crippen LogP contribution in [0.1, 0.15) is 44.6 Å². The second-order valence-corrected chi connectivity index (χ2v) is 4.77. The summed E-state index contributed by atoms with van der Waals surface area (Å²) in [6.45, 7) is 5.57. The third-order valence-corrected chi connectivity index (χ3v) is 3.00. The summed E-state index contributed by atoms with van der Waals surface area (Å²) in [5.41, 5.74) is 1.13. The van der Waals surface area contributed by atoms with E-state index in [0.29, 0.717) is 13.0 Å². The molecule has 1 N–H and O–H groups in total. The maximum absolute atomic E-state index is 11.5. The highest BCUT2D eigenvalue weighted by molar-refractivity contribution is 5.75. The van der Waals surface area contributed by atoms with Crippen molar-refractivity contribution in [2.45, 2.75) is 46.0 Å². The van der Waals surface area contributed by atoms with Crippen LogP contribution < -0.4 is 10.1 Å². The lowest BCUT2D eigenvalue weighted by Gasteiger charge is -2.08. The first kappa shape index (κ1) is 15.5. The fourth-order valence-electron chi connectivity index (χ4n) is 1.82. The van der Waals surface area contributed by atoms with Gasteiger partial charge in [-0.05, 0) is 31.4 Å². The van der Waals surface area contributed by atoms with Crippen LogP contribution in [0.5, 0.6) is 5.75 Å². The molecule has 0 aromatic heterocycles. The summed E-state index contributed by atoms with van der Waals surface area (Å²) < 4.78 is 5.65. The van der Waals surface area contributed by atoms with Gasteiger partial charge in [-0.1, -0.05) is 38.0 Å². The van der Waals surface area contributed by atoms with Crippen LogP contribution in [0.25, 0.3) is 0 Å². The van der Waals surface area contributed by atoms with Gasteiger partial charge in [-0.3, -0.25) is 4.79 Å². The molecule has 1 aromatic carbocycles. The molecule has 106 valence electrons. The third-order valence-electron chi connectivity index (χ3n) is 3.00. The molecule has 0 unspecified atom stereocenters. The van der Waals surface area contributed by atoms with E-state index < -0.39 is 0 Å². The van der Waals surface area contributed by atoms with Gasteiger partial charge in [-0.25, -0.2) is 0 Å². The number of para-hydroxylation sites is 1. The maximum atomic E-state index is 11.5. The SMILES string of the molecule is CCCCCNC(=O)CCCOc1ccccc1C. The van der Waals surface area contributed by atoms with Gasteiger partial charge >= 0.3 is 0 Å². The standard InChI is InChI=1S/C16H25NO2/c1-3-4-7-12-17-16(18)11-8-13-19-15-10-6-5-9-14(15)2/h5-6,9-10H,3-4,7-8,11-13H2,1-2H3,(H,17,18). The van der Waals surface area contributed by atoms with Crippen molar-refractivity contribution in [3.63, 3.8) is 0 Å². The van der Waals surface area contributed by atoms with Crippen LogP contribution in [0.2, 0.25) is 0 Å². The predicted octanol–water partition coefficient (Wildman–Crippen LogP) is 3.46. The number of aryl methyl sites for hydroxylation is 1. The number of carbonyl (C=O) groups excluding carboxylic acids is 1. The zero-order chi connectivity index (χ0) is 13.9. The molecule has 1 aromatic rings. The van der Waals surface area contributed by atoms with E-state index in [2.05, 4.69) is 12.2 Å². The van der Waals surface area contributed by atoms with Gasteiger partial charge in [0.25, 0.3) is 0 Å². The van der Waals surface area contributed by atoms with Gasteiger partial charge in [0.15, 0.2) is 0 Å². The average molecular weight is 263 g/mol. The van der Waals surface area contributed by atoms with Gasteiger partial charge in [-0.2, -0.15) is 0 Å². The molecule has 1 amide bonds. The summed E-state index contributed by atoms with van der Waals surface area (Å²) in [7, 11) is 0. The number of ether oxygens (including phenoxy) is 1. The molecule has 0 radical (unpaired) electrons. The Labute approximate surface area is 116 Å². The summed E-state index contributed by atoms with van der Waals surface area (Å²) in [4.78, 5) is 11.5. The molecule has 0 fully saturated rings. The Morgan fingerprint density at radius 2 is 2.00 bits per heavy atom. The van der Waals surface area contributed by atoms with E-state index in [1.807, 2.05) is 31.2 Å². The summed E-state index contributed by atoms with van der Waals surface area (Å²) >= 11 is 0. The highest BCUT2D eigenvalue weighted by Crippen LogP contribution is 2.16. The fourth-order valence-corrected chi connectivity index (χ4v) is 1.82. The van der Waals surface area contributed by atoms with Crippen LogP contribution in [0.4, 0.5) is 0 Å². The van der Waals surface area contributed by atoms with Crippen molar-refractivity contribution in [1.29, 1.82) is 0 Å². The molecule has 3 heteroatoms. The van der Waals surface area contributed by atoms with Crippen molar-refractivity contribution < 1.29 is 9.53 Å². The minimum atomic E-state index is 0.129. The number of benzene rings is 1. The minimum Gasteiger partial charge on any atom is -0.493 e. The minimum absolute atomic E-state index is 0.129. The Morgan fingerprint density at radius 3 is 2.74 bits per heavy atom. The van der Waals surface area contributed by atoms with Crippen molar-refractivity contribution in [2.24, 2.45) is 0 Å². The van der Waals surface area contributed by atoms with Gasteiger partial charge < -0.3 is 10.1 Å². The number of unbranched alkanes of at least 4 members (excludes halogenated alkanes) is 2. The number of hydrogen-bond donors (Lipinski definition) is 1. The molecule has 0 heterocycles. The van der Waals surface area contributed by atoms with Crippen LogP contribution in [-0.2, 0) is 4.79 Å². The number of carbonyl (C=O) groups is 1. The first-order chi connectivity index (χ1) is 9.24. The van der Waals surface area contributed by atoms with Gasteiger partial charge in [-0.15, -0.1) is 0 Å². The first-order valence-electron chi connectivity index (χ1n) is 7.19. The molecule has 3 nitrogen and oxygen atoms in total. The van der Waals surface area contributed by atoms with Crippen LogP contribution in [0, 0.1) is 6.92 Å². The number of amides is 1. The molecule has 0 atom stereocenters. The van der Waals surface area contributed by atoms with Crippen molar-refractivity contribution in [3.05, 3.63) is 29.8 Å². The van der Waals surface area contributed by atoms with Crippen molar-refractivity contribution in [3.8, 4) is 5.75 Å². The quantitative estimate of drug-likeness (QED) is 0.693. The summed E-state index contributed by atoms with van der Waals surface area (Å²) in [5.74, 6) is 1.04. The lowest BCUT2D eigenvalue weighted by molar-refractivity contribution is -0.121. The monoisotopic (exact) mass is 263 g/mol. The zero-order valence-electron chi connectivity index (χ0n) is 12.1. The number of rotatable bonds is 9. The molecule has 0 aliphatic carbocycles. The van der Waals surface area contributed by atoms with Gasteiger partial charge in [0.2, 0.25) is 5.91 Å². The molecule has 0 aliphatic rings. The molecular formula is C16H25NO2. The molecule has 1 rings (SSSR count). The van der Waals surface area contributed by atoms with E-state index in [1.165, 1.54) is 12.8 Å². The molecule has 0 spiro atoms. The van der Waals surface area contributed by atoms with E-state index in [1.54, 1.807) is 0 Å². The third kappa shape index (κ3) is 6.85. The largest absolute Gasteiger partial charge is 0.493 e. The summed E-state index contributed by atoms with van der Waals surface area (Å²) in [5, 5.41) is 2.93. The summed E-state index contributed by atoms with van der Waals surface area (Å²) in [6.07, 6.45) is 4.73. The zero-order valence-corrected chi connectivity index (χ0v) is 12.1. The second-order valence-electron chi connectivity index (χ2n) is 4.77. The summed E-state index contributed by atoms with van der Waals surface area (Å²) in [6, 6.07) is 7.94. The predicted molar refractivity (Wildman–Crippen MR) is 78.4 cm³/mol. The van der Waals surface area contributed by atoms with E-state index >= 15 is 0 Å². The Kier molecular flexibility index (Phi) is 7.71. The molecular weight excluding hydrogens is 238 g/mol. The van der Waals surface area contributed by atoms with Crippen molar-refractivity contribution in [1.82, 2.24) is 5.32 Å². The van der Waals surface area contributed by atoms with Crippen LogP contribution >= 0.6 is 0 Å². The molecule has 0 bridgehead atoms. The van der Waals surface area contributed by atoms with Gasteiger partial charge in [0.1, 0.15) is 5.75 Å². The average Bonchev–Trinajstić information content (AvgIpc) is 2.41. The van der Waals surface area contributed by atoms with Crippen LogP contribution in [-0.4, -0.2) is 19.1 Å². The fraction of sp³-hybridized carbons (Fsp3) is 0.562. The van der Waals surface area contributed by atoms with Gasteiger partial charge in [0.05, 0.1) is 6.61 Å². The Hall–Kier alpha value is -1.51. The second kappa shape index (κ2) is 9.42. The van der Waals surface area contributed by atoms with E-state index in [-0.39, 0.29) is 5.91 Å². The Morgan fingerprint density at radius 1 is 1.21 bits per heavy atom. The maximum Gasteiger partial charge on any atom is 0.220 e.